The third-order valence-corrected chi connectivity index (χ3v) is 3.74. The van der Waals surface area contributed by atoms with Crippen LogP contribution in [0.2, 0.25) is 0 Å². The van der Waals surface area contributed by atoms with Gasteiger partial charge >= 0.3 is 0 Å². The van der Waals surface area contributed by atoms with Crippen molar-refractivity contribution in [2.24, 2.45) is 5.73 Å². The van der Waals surface area contributed by atoms with E-state index in [1.807, 2.05) is 49.4 Å². The van der Waals surface area contributed by atoms with Gasteiger partial charge in [-0.05, 0) is 31.0 Å². The monoisotopic (exact) mass is 359 g/mol. The highest BCUT2D eigenvalue weighted by molar-refractivity contribution is 5.92. The average molecular weight is 360 g/mol. The minimum absolute atomic E-state index is 0. The molecule has 1 aromatic heterocycles. The first-order valence-electron chi connectivity index (χ1n) is 8.09. The van der Waals surface area contributed by atoms with Crippen LogP contribution in [0.5, 0.6) is 0 Å². The third kappa shape index (κ3) is 5.31. The number of carbonyl (C=O) groups excluding carboxylic acids is 1. The number of aromatic nitrogens is 1. The lowest BCUT2D eigenvalue weighted by Crippen LogP contribution is -2.19. The van der Waals surface area contributed by atoms with Gasteiger partial charge in [0.05, 0.1) is 0 Å². The standard InChI is InChI=1S/C19H21N3O2.ClH/c1-13(20)7-10-18(23)21-15-8-9-16-17(12-15)24-19(22-16)11-14-5-3-2-4-6-14;/h2-6,8-9,12-13H,7,10-11,20H2,1H3,(H,21,23);1H. The summed E-state index contributed by atoms with van der Waals surface area (Å²) < 4.78 is 5.81. The van der Waals surface area contributed by atoms with E-state index in [0.29, 0.717) is 36.4 Å². The van der Waals surface area contributed by atoms with E-state index in [4.69, 9.17) is 10.2 Å². The molecule has 0 saturated heterocycles. The average Bonchev–Trinajstić information content (AvgIpc) is 2.95. The largest absolute Gasteiger partial charge is 0.440 e. The van der Waals surface area contributed by atoms with Gasteiger partial charge in [-0.3, -0.25) is 4.79 Å². The number of hydrogen-bond acceptors (Lipinski definition) is 4. The summed E-state index contributed by atoms with van der Waals surface area (Å²) in [6.07, 6.45) is 1.72. The van der Waals surface area contributed by atoms with Crippen molar-refractivity contribution in [2.75, 3.05) is 5.32 Å². The second-order valence-electron chi connectivity index (χ2n) is 6.02. The second kappa shape index (κ2) is 8.65. The van der Waals surface area contributed by atoms with Crippen LogP contribution in [0.3, 0.4) is 0 Å². The number of carbonyl (C=O) groups is 1. The minimum Gasteiger partial charge on any atom is -0.440 e. The molecule has 0 aliphatic rings. The van der Waals surface area contributed by atoms with Gasteiger partial charge in [-0.25, -0.2) is 4.98 Å². The summed E-state index contributed by atoms with van der Waals surface area (Å²) >= 11 is 0. The van der Waals surface area contributed by atoms with Crippen LogP contribution in [0.4, 0.5) is 5.69 Å². The van der Waals surface area contributed by atoms with Gasteiger partial charge in [0.15, 0.2) is 11.5 Å². The van der Waals surface area contributed by atoms with Crippen molar-refractivity contribution in [2.45, 2.75) is 32.2 Å². The van der Waals surface area contributed by atoms with E-state index < -0.39 is 0 Å². The fraction of sp³-hybridized carbons (Fsp3) is 0.263. The molecule has 3 N–H and O–H groups in total. The minimum atomic E-state index is -0.0457. The molecule has 0 aliphatic carbocycles. The lowest BCUT2D eigenvalue weighted by atomic mass is 10.1. The van der Waals surface area contributed by atoms with Crippen molar-refractivity contribution in [3.05, 3.63) is 60.0 Å². The Balaban J connectivity index is 0.00000225. The predicted octanol–water partition coefficient (Wildman–Crippen LogP) is 3.91. The maximum Gasteiger partial charge on any atom is 0.224 e. The van der Waals surface area contributed by atoms with Crippen LogP contribution in [0.15, 0.2) is 52.9 Å². The lowest BCUT2D eigenvalue weighted by molar-refractivity contribution is -0.116. The Labute approximate surface area is 153 Å². The van der Waals surface area contributed by atoms with E-state index in [0.717, 1.165) is 11.1 Å². The molecule has 1 unspecified atom stereocenters. The molecule has 0 aliphatic heterocycles. The molecule has 132 valence electrons. The van der Waals surface area contributed by atoms with Gasteiger partial charge in [-0.1, -0.05) is 30.3 Å². The molecule has 2 aromatic carbocycles. The van der Waals surface area contributed by atoms with E-state index in [9.17, 15) is 4.79 Å². The molecule has 0 radical (unpaired) electrons. The number of rotatable bonds is 6. The Morgan fingerprint density at radius 3 is 2.72 bits per heavy atom. The van der Waals surface area contributed by atoms with Crippen LogP contribution in [0, 0.1) is 0 Å². The van der Waals surface area contributed by atoms with Crippen molar-refractivity contribution < 1.29 is 9.21 Å². The van der Waals surface area contributed by atoms with Crippen LogP contribution < -0.4 is 11.1 Å². The Morgan fingerprint density at radius 1 is 1.24 bits per heavy atom. The molecule has 0 fully saturated rings. The predicted molar refractivity (Wildman–Crippen MR) is 102 cm³/mol. The zero-order valence-electron chi connectivity index (χ0n) is 14.1. The molecule has 3 aromatic rings. The number of oxazole rings is 1. The zero-order chi connectivity index (χ0) is 16.9. The number of benzene rings is 2. The number of amides is 1. The quantitative estimate of drug-likeness (QED) is 0.699. The van der Waals surface area contributed by atoms with Gasteiger partial charge in [0.2, 0.25) is 5.91 Å². The van der Waals surface area contributed by atoms with Gasteiger partial charge in [0, 0.05) is 30.6 Å². The van der Waals surface area contributed by atoms with Crippen molar-refractivity contribution in [1.82, 2.24) is 4.98 Å². The number of hydrogen-bond donors (Lipinski definition) is 2. The second-order valence-corrected chi connectivity index (χ2v) is 6.02. The van der Waals surface area contributed by atoms with E-state index in [2.05, 4.69) is 10.3 Å². The Morgan fingerprint density at radius 2 is 2.00 bits per heavy atom. The van der Waals surface area contributed by atoms with Crippen LogP contribution in [0.25, 0.3) is 11.1 Å². The molecule has 1 amide bonds. The SMILES string of the molecule is CC(N)CCC(=O)Nc1ccc2nc(Cc3ccccc3)oc2c1.Cl. The Bertz CT molecular complexity index is 831. The first-order chi connectivity index (χ1) is 11.6. The highest BCUT2D eigenvalue weighted by atomic mass is 35.5. The third-order valence-electron chi connectivity index (χ3n) is 3.74. The first-order valence-corrected chi connectivity index (χ1v) is 8.09. The number of nitrogens with one attached hydrogen (secondary N) is 1. The highest BCUT2D eigenvalue weighted by Crippen LogP contribution is 2.22. The highest BCUT2D eigenvalue weighted by Gasteiger charge is 2.09. The number of fused-ring (bicyclic) bond motifs is 1. The summed E-state index contributed by atoms with van der Waals surface area (Å²) in [7, 11) is 0. The molecule has 3 rings (SSSR count). The maximum atomic E-state index is 11.9. The molecule has 25 heavy (non-hydrogen) atoms. The van der Waals surface area contributed by atoms with Gasteiger partial charge in [-0.2, -0.15) is 0 Å². The molecule has 0 saturated carbocycles. The fourth-order valence-corrected chi connectivity index (χ4v) is 2.48. The molecule has 6 heteroatoms. The smallest absolute Gasteiger partial charge is 0.224 e. The van der Waals surface area contributed by atoms with Crippen LogP contribution >= 0.6 is 12.4 Å². The van der Waals surface area contributed by atoms with Crippen LogP contribution in [0.1, 0.15) is 31.2 Å². The van der Waals surface area contributed by atoms with Crippen molar-refractivity contribution in [3.63, 3.8) is 0 Å². The van der Waals surface area contributed by atoms with Crippen molar-refractivity contribution in [3.8, 4) is 0 Å². The van der Waals surface area contributed by atoms with Gasteiger partial charge in [-0.15, -0.1) is 12.4 Å². The van der Waals surface area contributed by atoms with E-state index in [1.165, 1.54) is 0 Å². The van der Waals surface area contributed by atoms with Crippen LogP contribution in [-0.2, 0) is 11.2 Å². The summed E-state index contributed by atoms with van der Waals surface area (Å²) in [5.41, 5.74) is 8.98. The summed E-state index contributed by atoms with van der Waals surface area (Å²) in [6, 6.07) is 15.6. The number of nitrogens with zero attached hydrogens (tertiary/aromatic N) is 1. The van der Waals surface area contributed by atoms with Crippen LogP contribution in [-0.4, -0.2) is 16.9 Å². The summed E-state index contributed by atoms with van der Waals surface area (Å²) in [5, 5.41) is 2.87. The summed E-state index contributed by atoms with van der Waals surface area (Å²) in [6.45, 7) is 1.89. The zero-order valence-corrected chi connectivity index (χ0v) is 14.9. The molecular weight excluding hydrogens is 338 g/mol. The van der Waals surface area contributed by atoms with Crippen molar-refractivity contribution >= 4 is 35.1 Å². The van der Waals surface area contributed by atoms with Gasteiger partial charge in [0.1, 0.15) is 5.52 Å². The number of nitrogens with two attached hydrogens (primary N) is 1. The first kappa shape index (κ1) is 19.0. The Kier molecular flexibility index (Phi) is 6.56. The molecule has 0 bridgehead atoms. The molecule has 1 atom stereocenters. The van der Waals surface area contributed by atoms with E-state index >= 15 is 0 Å². The van der Waals surface area contributed by atoms with Gasteiger partial charge < -0.3 is 15.5 Å². The lowest BCUT2D eigenvalue weighted by Gasteiger charge is -2.06. The molecular formula is C19H22ClN3O2. The Hall–Kier alpha value is -2.37. The fourth-order valence-electron chi connectivity index (χ4n) is 2.48. The number of anilines is 1. The van der Waals surface area contributed by atoms with Crippen molar-refractivity contribution in [1.29, 1.82) is 0 Å². The number of halogens is 1. The topological polar surface area (TPSA) is 81.2 Å². The summed E-state index contributed by atoms with van der Waals surface area (Å²) in [4.78, 5) is 16.4. The molecule has 5 nitrogen and oxygen atoms in total. The van der Waals surface area contributed by atoms with E-state index in [1.54, 1.807) is 6.07 Å². The normalized spacial score (nSPS) is 11.8. The van der Waals surface area contributed by atoms with E-state index in [-0.39, 0.29) is 24.4 Å². The van der Waals surface area contributed by atoms with Gasteiger partial charge in [0.25, 0.3) is 0 Å². The maximum absolute atomic E-state index is 11.9. The molecule has 1 heterocycles. The summed E-state index contributed by atoms with van der Waals surface area (Å²) in [5.74, 6) is 0.618. The molecule has 0 spiro atoms.